The molecule has 0 spiro atoms. The molecule has 2 heterocycles. The molecule has 0 aliphatic carbocycles. The summed E-state index contributed by atoms with van der Waals surface area (Å²) in [6.07, 6.45) is 2.69. The second-order valence-corrected chi connectivity index (χ2v) is 5.35. The Labute approximate surface area is 113 Å². The first-order chi connectivity index (χ1) is 9.25. The third-order valence-corrected chi connectivity index (χ3v) is 4.16. The molecule has 3 rings (SSSR count). The number of rotatable bonds is 2. The van der Waals surface area contributed by atoms with E-state index in [4.69, 9.17) is 4.74 Å². The van der Waals surface area contributed by atoms with Crippen molar-refractivity contribution >= 4 is 11.6 Å². The first kappa shape index (κ1) is 12.5. The lowest BCUT2D eigenvalue weighted by molar-refractivity contribution is -0.134. The Morgan fingerprint density at radius 1 is 1.32 bits per heavy atom. The summed E-state index contributed by atoms with van der Waals surface area (Å²) in [5.74, 6) is 0.197. The van der Waals surface area contributed by atoms with Gasteiger partial charge >= 0.3 is 0 Å². The summed E-state index contributed by atoms with van der Waals surface area (Å²) in [6.45, 7) is 1.53. The van der Waals surface area contributed by atoms with Gasteiger partial charge in [0.2, 0.25) is 5.91 Å². The molecule has 4 nitrogen and oxygen atoms in total. The van der Waals surface area contributed by atoms with Gasteiger partial charge in [-0.2, -0.15) is 0 Å². The van der Waals surface area contributed by atoms with E-state index in [-0.39, 0.29) is 11.9 Å². The lowest BCUT2D eigenvalue weighted by Gasteiger charge is -2.32. The highest BCUT2D eigenvalue weighted by molar-refractivity contribution is 5.87. The molecule has 1 saturated heterocycles. The molecule has 1 aromatic carbocycles. The molecule has 2 aliphatic heterocycles. The molecule has 0 saturated carbocycles. The van der Waals surface area contributed by atoms with Crippen molar-refractivity contribution in [1.82, 2.24) is 4.90 Å². The summed E-state index contributed by atoms with van der Waals surface area (Å²) in [4.78, 5) is 14.4. The van der Waals surface area contributed by atoms with E-state index in [9.17, 15) is 4.79 Å². The maximum Gasteiger partial charge on any atom is 0.245 e. The zero-order valence-corrected chi connectivity index (χ0v) is 11.3. The highest BCUT2D eigenvalue weighted by atomic mass is 16.5. The summed E-state index contributed by atoms with van der Waals surface area (Å²) in [5.41, 5.74) is 2.34. The van der Waals surface area contributed by atoms with Gasteiger partial charge in [-0.05, 0) is 24.5 Å². The van der Waals surface area contributed by atoms with Crippen molar-refractivity contribution < 1.29 is 9.53 Å². The lowest BCUT2D eigenvalue weighted by Crippen LogP contribution is -2.47. The fourth-order valence-electron chi connectivity index (χ4n) is 2.95. The predicted octanol–water partition coefficient (Wildman–Crippen LogP) is 1.66. The van der Waals surface area contributed by atoms with Crippen LogP contribution in [0.5, 0.6) is 0 Å². The number of ether oxygens (including phenoxy) is 1. The van der Waals surface area contributed by atoms with Gasteiger partial charge in [0.05, 0.1) is 0 Å². The molecule has 1 fully saturated rings. The van der Waals surface area contributed by atoms with Crippen molar-refractivity contribution in [1.29, 1.82) is 0 Å². The van der Waals surface area contributed by atoms with Crippen LogP contribution in [0.25, 0.3) is 0 Å². The Kier molecular flexibility index (Phi) is 3.42. The molecule has 1 aromatic rings. The van der Waals surface area contributed by atoms with E-state index in [1.807, 2.05) is 30.1 Å². The monoisotopic (exact) mass is 260 g/mol. The first-order valence-electron chi connectivity index (χ1n) is 6.94. The first-order valence-corrected chi connectivity index (χ1v) is 6.94. The van der Waals surface area contributed by atoms with Crippen LogP contribution in [0.15, 0.2) is 24.3 Å². The van der Waals surface area contributed by atoms with Crippen molar-refractivity contribution in [2.75, 3.05) is 25.6 Å². The molecular weight excluding hydrogens is 240 g/mol. The van der Waals surface area contributed by atoms with E-state index in [1.54, 1.807) is 0 Å². The average molecular weight is 260 g/mol. The number of amides is 1. The van der Waals surface area contributed by atoms with Crippen LogP contribution < -0.4 is 5.32 Å². The summed E-state index contributed by atoms with van der Waals surface area (Å²) in [6, 6.07) is 8.37. The highest BCUT2D eigenvalue weighted by Crippen LogP contribution is 2.26. The zero-order chi connectivity index (χ0) is 13.2. The quantitative estimate of drug-likeness (QED) is 0.879. The Hall–Kier alpha value is -1.55. The van der Waals surface area contributed by atoms with Gasteiger partial charge in [-0.15, -0.1) is 0 Å². The van der Waals surface area contributed by atoms with Crippen LogP contribution in [0.1, 0.15) is 18.4 Å². The fraction of sp³-hybridized carbons (Fsp3) is 0.533. The molecule has 1 atom stereocenters. The van der Waals surface area contributed by atoms with Crippen molar-refractivity contribution in [3.8, 4) is 0 Å². The number of benzene rings is 1. The van der Waals surface area contributed by atoms with Gasteiger partial charge in [-0.25, -0.2) is 0 Å². The van der Waals surface area contributed by atoms with Gasteiger partial charge in [-0.3, -0.25) is 4.79 Å². The maximum atomic E-state index is 12.5. The standard InChI is InChI=1S/C15H20N2O2/c1-17(12-6-8-19-9-7-12)15(18)14-10-11-4-2-3-5-13(11)16-14/h2-5,12,14,16H,6-10H2,1H3/t14-/m0/s1. The number of fused-ring (bicyclic) bond motifs is 1. The van der Waals surface area contributed by atoms with E-state index >= 15 is 0 Å². The van der Waals surface area contributed by atoms with Crippen LogP contribution in [-0.4, -0.2) is 43.2 Å². The third kappa shape index (κ3) is 2.45. The van der Waals surface area contributed by atoms with Gasteiger partial charge < -0.3 is 15.0 Å². The number of carbonyl (C=O) groups is 1. The summed E-state index contributed by atoms with van der Waals surface area (Å²) in [5, 5.41) is 3.33. The minimum Gasteiger partial charge on any atom is -0.381 e. The van der Waals surface area contributed by atoms with Gasteiger partial charge in [0.15, 0.2) is 0 Å². The maximum absolute atomic E-state index is 12.5. The number of hydrogen-bond acceptors (Lipinski definition) is 3. The number of para-hydroxylation sites is 1. The molecular formula is C15H20N2O2. The summed E-state index contributed by atoms with van der Waals surface area (Å²) < 4.78 is 5.35. The van der Waals surface area contributed by atoms with Gasteiger partial charge in [0, 0.05) is 38.4 Å². The SMILES string of the molecule is CN(C(=O)[C@@H]1Cc2ccccc2N1)C1CCOCC1. The number of carbonyl (C=O) groups excluding carboxylic acids is 1. The average Bonchev–Trinajstić information content (AvgIpc) is 2.90. The number of hydrogen-bond donors (Lipinski definition) is 1. The van der Waals surface area contributed by atoms with E-state index in [0.29, 0.717) is 6.04 Å². The minimum atomic E-state index is -0.106. The van der Waals surface area contributed by atoms with E-state index in [2.05, 4.69) is 11.4 Å². The Morgan fingerprint density at radius 2 is 2.05 bits per heavy atom. The summed E-state index contributed by atoms with van der Waals surface area (Å²) in [7, 11) is 1.92. The Bertz CT molecular complexity index is 444. The number of anilines is 1. The van der Waals surface area contributed by atoms with Crippen LogP contribution in [0.2, 0.25) is 0 Å². The summed E-state index contributed by atoms with van der Waals surface area (Å²) >= 11 is 0. The molecule has 2 aliphatic rings. The van der Waals surface area contributed by atoms with Crippen LogP contribution in [0.4, 0.5) is 5.69 Å². The molecule has 19 heavy (non-hydrogen) atoms. The molecule has 0 unspecified atom stereocenters. The molecule has 4 heteroatoms. The Morgan fingerprint density at radius 3 is 2.79 bits per heavy atom. The molecule has 1 N–H and O–H groups in total. The van der Waals surface area contributed by atoms with Crippen molar-refractivity contribution in [3.05, 3.63) is 29.8 Å². The largest absolute Gasteiger partial charge is 0.381 e. The van der Waals surface area contributed by atoms with Crippen molar-refractivity contribution in [2.45, 2.75) is 31.3 Å². The predicted molar refractivity (Wildman–Crippen MR) is 74.2 cm³/mol. The molecule has 0 radical (unpaired) electrons. The number of likely N-dealkylation sites (N-methyl/N-ethyl adjacent to an activating group) is 1. The van der Waals surface area contributed by atoms with Gasteiger partial charge in [0.1, 0.15) is 6.04 Å². The lowest BCUT2D eigenvalue weighted by atomic mass is 10.1. The molecule has 102 valence electrons. The molecule has 0 bridgehead atoms. The fourth-order valence-corrected chi connectivity index (χ4v) is 2.95. The van der Waals surface area contributed by atoms with Crippen LogP contribution in [-0.2, 0) is 16.0 Å². The number of nitrogens with zero attached hydrogens (tertiary/aromatic N) is 1. The van der Waals surface area contributed by atoms with Gasteiger partial charge in [0.25, 0.3) is 0 Å². The third-order valence-electron chi connectivity index (χ3n) is 4.16. The number of nitrogens with one attached hydrogen (secondary N) is 1. The topological polar surface area (TPSA) is 41.6 Å². The molecule has 1 amide bonds. The van der Waals surface area contributed by atoms with Gasteiger partial charge in [-0.1, -0.05) is 18.2 Å². The molecule has 0 aromatic heterocycles. The van der Waals surface area contributed by atoms with Crippen LogP contribution in [0.3, 0.4) is 0 Å². The van der Waals surface area contributed by atoms with Crippen molar-refractivity contribution in [2.24, 2.45) is 0 Å². The second kappa shape index (κ2) is 5.21. The van der Waals surface area contributed by atoms with E-state index < -0.39 is 0 Å². The van der Waals surface area contributed by atoms with E-state index in [1.165, 1.54) is 5.56 Å². The second-order valence-electron chi connectivity index (χ2n) is 5.35. The normalized spacial score (nSPS) is 22.7. The highest BCUT2D eigenvalue weighted by Gasteiger charge is 2.31. The Balaban J connectivity index is 1.65. The minimum absolute atomic E-state index is 0.106. The zero-order valence-electron chi connectivity index (χ0n) is 11.3. The smallest absolute Gasteiger partial charge is 0.245 e. The van der Waals surface area contributed by atoms with Crippen LogP contribution >= 0.6 is 0 Å². The van der Waals surface area contributed by atoms with Crippen molar-refractivity contribution in [3.63, 3.8) is 0 Å². The van der Waals surface area contributed by atoms with E-state index in [0.717, 1.165) is 38.2 Å². The van der Waals surface area contributed by atoms with Crippen LogP contribution in [0, 0.1) is 0 Å².